The molecule has 1 unspecified atom stereocenters. The molecular weight excluding hydrogens is 355 g/mol. The van der Waals surface area contributed by atoms with Crippen molar-refractivity contribution in [1.29, 1.82) is 0 Å². The van der Waals surface area contributed by atoms with Gasteiger partial charge in [-0.15, -0.1) is 0 Å². The summed E-state index contributed by atoms with van der Waals surface area (Å²) < 4.78 is 0. The summed E-state index contributed by atoms with van der Waals surface area (Å²) in [7, 11) is 0. The third kappa shape index (κ3) is 4.28. The molecule has 1 heteroatoms. The van der Waals surface area contributed by atoms with Gasteiger partial charge in [0, 0.05) is 0 Å². The summed E-state index contributed by atoms with van der Waals surface area (Å²) in [5.41, 5.74) is 6.99. The Morgan fingerprint density at radius 3 is 1.48 bits per heavy atom. The Labute approximate surface area is 163 Å². The predicted molar refractivity (Wildman–Crippen MR) is 98.3 cm³/mol. The van der Waals surface area contributed by atoms with Crippen LogP contribution in [0.3, 0.4) is 0 Å². The van der Waals surface area contributed by atoms with E-state index in [9.17, 15) is 0 Å². The molecule has 0 radical (unpaired) electrons. The maximum atomic E-state index is 2.50. The van der Waals surface area contributed by atoms with Gasteiger partial charge in [-0.1, -0.05) is 35.5 Å². The van der Waals surface area contributed by atoms with Crippen molar-refractivity contribution in [2.75, 3.05) is 0 Å². The minimum atomic E-state index is 0. The van der Waals surface area contributed by atoms with Crippen molar-refractivity contribution in [2.24, 2.45) is 11.8 Å². The molecule has 124 valence electrons. The minimum Gasteiger partial charge on any atom is -0.358 e. The maximum absolute atomic E-state index is 2.50. The smallest absolute Gasteiger partial charge is 0.358 e. The van der Waals surface area contributed by atoms with Crippen molar-refractivity contribution < 1.29 is 26.2 Å². The Hall–Kier alpha value is -0.157. The van der Waals surface area contributed by atoms with Gasteiger partial charge in [-0.3, -0.25) is 0 Å². The average Bonchev–Trinajstić information content (AvgIpc) is 3.09. The second-order valence-electron chi connectivity index (χ2n) is 7.02. The van der Waals surface area contributed by atoms with E-state index in [4.69, 9.17) is 0 Å². The molecule has 0 nitrogen and oxygen atoms in total. The molecule has 4 aliphatic carbocycles. The van der Waals surface area contributed by atoms with Crippen molar-refractivity contribution in [3.05, 3.63) is 61.4 Å². The summed E-state index contributed by atoms with van der Waals surface area (Å²) in [6, 6.07) is 0. The molecule has 0 aromatic carbocycles. The zero-order valence-corrected chi connectivity index (χ0v) is 17.5. The van der Waals surface area contributed by atoms with Crippen molar-refractivity contribution in [1.82, 2.24) is 0 Å². The zero-order chi connectivity index (χ0) is 13.4. The van der Waals surface area contributed by atoms with Crippen molar-refractivity contribution >= 4 is 0 Å². The maximum Gasteiger partial charge on any atom is 2.00 e. The van der Waals surface area contributed by atoms with Crippen LogP contribution in [0, 0.1) is 26.7 Å². The van der Waals surface area contributed by atoms with Crippen LogP contribution in [-0.4, -0.2) is 0 Å². The van der Waals surface area contributed by atoms with Crippen LogP contribution >= 0.6 is 0 Å². The summed E-state index contributed by atoms with van der Waals surface area (Å²) in [4.78, 5) is 0. The van der Waals surface area contributed by atoms with Crippen molar-refractivity contribution in [3.63, 3.8) is 0 Å². The van der Waals surface area contributed by atoms with E-state index in [-0.39, 0.29) is 41.1 Å². The molecule has 23 heavy (non-hydrogen) atoms. The van der Waals surface area contributed by atoms with Gasteiger partial charge in [-0.05, 0) is 87.2 Å². The van der Waals surface area contributed by atoms with Gasteiger partial charge in [0.15, 0.2) is 0 Å². The number of allylic oxidation sites excluding steroid dienone is 8. The third-order valence-electron chi connectivity index (χ3n) is 5.85. The monoisotopic (exact) mass is 386 g/mol. The van der Waals surface area contributed by atoms with E-state index in [0.717, 1.165) is 11.8 Å². The van der Waals surface area contributed by atoms with Gasteiger partial charge in [0.05, 0.1) is 0 Å². The molecule has 0 N–H and O–H groups in total. The number of rotatable bonds is 3. The molecule has 2 atom stereocenters. The zero-order valence-electron chi connectivity index (χ0n) is 15.0. The van der Waals surface area contributed by atoms with Crippen LogP contribution in [0.2, 0.25) is 0 Å². The first-order valence-electron chi connectivity index (χ1n) is 8.72. The normalized spacial score (nSPS) is 27.8. The molecule has 0 heterocycles. The first kappa shape index (κ1) is 20.9. The molecule has 0 saturated heterocycles. The standard InChI is InChI=1S/C20H26.2CH3.Zr/c1-3-7-19-15(5-1)9-11-17(19)13-14-18-12-10-16-6-2-4-8-20(16)18;;;/h9-12,17-18H,1-8,13-14H2;2*1H3;/q;2*-1;+2/t17-,18?;;;/m0.../s1. The van der Waals surface area contributed by atoms with E-state index < -0.39 is 0 Å². The van der Waals surface area contributed by atoms with Crippen LogP contribution in [-0.2, 0) is 26.2 Å². The third-order valence-corrected chi connectivity index (χ3v) is 5.85. The second-order valence-corrected chi connectivity index (χ2v) is 7.02. The quantitative estimate of drug-likeness (QED) is 0.468. The molecule has 0 saturated carbocycles. The number of hydrogen-bond acceptors (Lipinski definition) is 0. The van der Waals surface area contributed by atoms with Gasteiger partial charge in [0.25, 0.3) is 0 Å². The average molecular weight is 388 g/mol. The summed E-state index contributed by atoms with van der Waals surface area (Å²) in [5, 5.41) is 0. The minimum absolute atomic E-state index is 0. The fraction of sp³-hybridized carbons (Fsp3) is 0.545. The SMILES string of the molecule is C1=CC(CC[C@@H]2C=CC3=C2CCCC3)C2=C1CCCC2.[CH3-].[CH3-].[Zr+2]. The van der Waals surface area contributed by atoms with Gasteiger partial charge in [0.2, 0.25) is 0 Å². The first-order valence-corrected chi connectivity index (χ1v) is 8.72. The van der Waals surface area contributed by atoms with Crippen LogP contribution in [0.4, 0.5) is 0 Å². The summed E-state index contributed by atoms with van der Waals surface area (Å²) in [5.74, 6) is 1.57. The van der Waals surface area contributed by atoms with Gasteiger partial charge < -0.3 is 14.9 Å². The first-order chi connectivity index (χ1) is 9.92. The Bertz CT molecular complexity index is 470. The molecule has 0 amide bonds. The van der Waals surface area contributed by atoms with Crippen LogP contribution in [0.15, 0.2) is 46.6 Å². The van der Waals surface area contributed by atoms with Gasteiger partial charge in [0.1, 0.15) is 0 Å². The van der Waals surface area contributed by atoms with Crippen molar-refractivity contribution in [2.45, 2.75) is 64.2 Å². The molecule has 0 fully saturated rings. The van der Waals surface area contributed by atoms with Crippen LogP contribution in [0.1, 0.15) is 64.2 Å². The Morgan fingerprint density at radius 2 is 1.04 bits per heavy atom. The molecule has 0 aromatic rings. The Morgan fingerprint density at radius 1 is 0.652 bits per heavy atom. The summed E-state index contributed by atoms with van der Waals surface area (Å²) in [6.45, 7) is 0. The molecule has 0 bridgehead atoms. The molecule has 0 aliphatic heterocycles. The van der Waals surface area contributed by atoms with Gasteiger partial charge in [-0.2, -0.15) is 0 Å². The van der Waals surface area contributed by atoms with Crippen LogP contribution in [0.5, 0.6) is 0 Å². The van der Waals surface area contributed by atoms with E-state index in [1.165, 1.54) is 64.2 Å². The molecule has 4 aliphatic rings. The van der Waals surface area contributed by atoms with Crippen molar-refractivity contribution in [3.8, 4) is 0 Å². The Kier molecular flexibility index (Phi) is 8.50. The fourth-order valence-corrected chi connectivity index (χ4v) is 4.73. The summed E-state index contributed by atoms with van der Waals surface area (Å²) >= 11 is 0. The predicted octanol–water partition coefficient (Wildman–Crippen LogP) is 6.78. The molecule has 4 rings (SSSR count). The largest absolute Gasteiger partial charge is 2.00 e. The summed E-state index contributed by atoms with van der Waals surface area (Å²) in [6.07, 6.45) is 23.8. The van der Waals surface area contributed by atoms with E-state index in [2.05, 4.69) is 24.3 Å². The van der Waals surface area contributed by atoms with Gasteiger partial charge >= 0.3 is 26.2 Å². The molecule has 0 aromatic heterocycles. The molecule has 0 spiro atoms. The number of hydrogen-bond donors (Lipinski definition) is 0. The van der Waals surface area contributed by atoms with E-state index >= 15 is 0 Å². The van der Waals surface area contributed by atoms with E-state index in [1.807, 2.05) is 0 Å². The fourth-order valence-electron chi connectivity index (χ4n) is 4.73. The van der Waals surface area contributed by atoms with Gasteiger partial charge in [-0.25, -0.2) is 0 Å². The molecular formula is C22H32Zr. The Balaban J connectivity index is 0.000000882. The second kappa shape index (κ2) is 9.36. The van der Waals surface area contributed by atoms with E-state index in [0.29, 0.717) is 0 Å². The van der Waals surface area contributed by atoms with Crippen LogP contribution < -0.4 is 0 Å². The topological polar surface area (TPSA) is 0 Å². The van der Waals surface area contributed by atoms with E-state index in [1.54, 1.807) is 22.3 Å². The van der Waals surface area contributed by atoms with Crippen LogP contribution in [0.25, 0.3) is 0 Å².